The summed E-state index contributed by atoms with van der Waals surface area (Å²) >= 11 is 11.1. The van der Waals surface area contributed by atoms with Crippen LogP contribution in [0.15, 0.2) is 126 Å². The lowest BCUT2D eigenvalue weighted by Crippen LogP contribution is -2.25. The first kappa shape index (κ1) is 31.1. The Bertz CT molecular complexity index is 1520. The van der Waals surface area contributed by atoms with E-state index in [1.165, 1.54) is 0 Å². The molecule has 0 aliphatic heterocycles. The number of nitrogens with one attached hydrogen (secondary N) is 1. The number of amides is 1. The molecule has 3 aromatic carbocycles. The Morgan fingerprint density at radius 1 is 0.951 bits per heavy atom. The summed E-state index contributed by atoms with van der Waals surface area (Å²) in [6.45, 7) is 5.91. The summed E-state index contributed by atoms with van der Waals surface area (Å²) in [5.74, 6) is -1.22. The Labute approximate surface area is 250 Å². The van der Waals surface area contributed by atoms with E-state index in [1.807, 2.05) is 47.1 Å². The van der Waals surface area contributed by atoms with Crippen molar-refractivity contribution in [1.82, 2.24) is 15.1 Å². The van der Waals surface area contributed by atoms with Crippen LogP contribution < -0.4 is 5.32 Å². The van der Waals surface area contributed by atoms with Gasteiger partial charge in [0.05, 0.1) is 18.7 Å². The van der Waals surface area contributed by atoms with Gasteiger partial charge >= 0.3 is 5.97 Å². The Kier molecular flexibility index (Phi) is 12.2. The van der Waals surface area contributed by atoms with Crippen molar-refractivity contribution in [2.24, 2.45) is 0 Å². The monoisotopic (exact) mass is 587 g/mol. The van der Waals surface area contributed by atoms with Crippen LogP contribution in [0.1, 0.15) is 29.3 Å². The van der Waals surface area contributed by atoms with Gasteiger partial charge in [0.1, 0.15) is 0 Å². The van der Waals surface area contributed by atoms with Crippen molar-refractivity contribution in [3.8, 4) is 22.4 Å². The second-order valence-corrected chi connectivity index (χ2v) is 9.97. The molecule has 0 unspecified atom stereocenters. The second kappa shape index (κ2) is 16.0. The minimum absolute atomic E-state index is 0.0998. The molecule has 0 bridgehead atoms. The van der Waals surface area contributed by atoms with Crippen molar-refractivity contribution >= 4 is 35.1 Å². The number of nitrogens with zero attached hydrogens (tertiary/aromatic N) is 2. The van der Waals surface area contributed by atoms with E-state index in [-0.39, 0.29) is 18.9 Å². The van der Waals surface area contributed by atoms with E-state index in [1.54, 1.807) is 43.5 Å². The summed E-state index contributed by atoms with van der Waals surface area (Å²) in [4.78, 5) is 22.7. The highest BCUT2D eigenvalue weighted by molar-refractivity contribution is 6.34. The predicted octanol–water partition coefficient (Wildman–Crippen LogP) is 7.91. The Hall–Kier alpha value is -4.39. The molecule has 210 valence electrons. The minimum Gasteiger partial charge on any atom is -0.481 e. The molecule has 0 saturated heterocycles. The number of carboxylic acids is 1. The first-order valence-corrected chi connectivity index (χ1v) is 13.6. The largest absolute Gasteiger partial charge is 0.481 e. The highest BCUT2D eigenvalue weighted by atomic mass is 35.5. The van der Waals surface area contributed by atoms with E-state index >= 15 is 0 Å². The van der Waals surface area contributed by atoms with Gasteiger partial charge in [0.2, 0.25) is 0 Å². The number of aliphatic carboxylic acids is 1. The predicted molar refractivity (Wildman–Crippen MR) is 167 cm³/mol. The van der Waals surface area contributed by atoms with Crippen LogP contribution in [-0.2, 0) is 11.3 Å². The van der Waals surface area contributed by atoms with E-state index < -0.39 is 5.97 Å². The summed E-state index contributed by atoms with van der Waals surface area (Å²) in [5.41, 5.74) is 5.91. The smallest absolute Gasteiger partial charge is 0.305 e. The Morgan fingerprint density at radius 2 is 1.63 bits per heavy atom. The van der Waals surface area contributed by atoms with Crippen LogP contribution in [0.2, 0.25) is 0 Å². The lowest BCUT2D eigenvalue weighted by Gasteiger charge is -2.10. The van der Waals surface area contributed by atoms with Crippen molar-refractivity contribution < 1.29 is 14.7 Å². The number of hydrogen-bond acceptors (Lipinski definition) is 3. The summed E-state index contributed by atoms with van der Waals surface area (Å²) < 4.78 is 1.94. The molecule has 0 saturated carbocycles. The third-order valence-corrected chi connectivity index (χ3v) is 6.11. The first-order chi connectivity index (χ1) is 19.8. The average Bonchev–Trinajstić information content (AvgIpc) is 3.42. The third kappa shape index (κ3) is 10.3. The van der Waals surface area contributed by atoms with Gasteiger partial charge in [-0.25, -0.2) is 0 Å². The molecule has 8 heteroatoms. The Balaban J connectivity index is 0.000000445. The van der Waals surface area contributed by atoms with Gasteiger partial charge in [0.15, 0.2) is 0 Å². The molecule has 0 fully saturated rings. The molecule has 2 N–H and O–H groups in total. The fraction of sp³-hybridized carbons (Fsp3) is 0.121. The number of carbonyl (C=O) groups is 2. The standard InChI is InChI=1S/C26H23N3O3.C7H8Cl2/c30-25(31)14-15-27-26(32)21-11-9-19(10-12-21)18-29-24(13-16-28-29)23-8-4-7-22(17-23)20-5-2-1-3-6-20;1-3-4-7(9)5-6(2)8/h1-13,16-17H,14-15,18H2,(H,27,32)(H,30,31);3-5H,1H2,2H3/b;6-5+,7-4+. The van der Waals surface area contributed by atoms with E-state index in [2.05, 4.69) is 47.3 Å². The van der Waals surface area contributed by atoms with Crippen molar-refractivity contribution in [3.63, 3.8) is 0 Å². The normalized spacial score (nSPS) is 11.3. The molecule has 1 heterocycles. The molecule has 4 rings (SSSR count). The SMILES string of the molecule is C=C/C=C(Cl)\C=C(/C)Cl.O=C(O)CCNC(=O)c1ccc(Cn2nccc2-c2cccc(-c3ccccc3)c2)cc1. The number of aromatic nitrogens is 2. The van der Waals surface area contributed by atoms with Gasteiger partial charge in [0.25, 0.3) is 5.91 Å². The van der Waals surface area contributed by atoms with Crippen molar-refractivity contribution in [3.05, 3.63) is 137 Å². The molecule has 4 aromatic rings. The highest BCUT2D eigenvalue weighted by Crippen LogP contribution is 2.26. The molecular formula is C33H31Cl2N3O3. The van der Waals surface area contributed by atoms with Gasteiger partial charge in [-0.2, -0.15) is 5.10 Å². The molecule has 0 aliphatic rings. The van der Waals surface area contributed by atoms with Crippen molar-refractivity contribution in [2.75, 3.05) is 6.54 Å². The molecule has 1 amide bonds. The number of carboxylic acid groups (broad SMARTS) is 1. The molecule has 0 radical (unpaired) electrons. The average molecular weight is 589 g/mol. The zero-order chi connectivity index (χ0) is 29.6. The fourth-order valence-corrected chi connectivity index (χ4v) is 4.29. The zero-order valence-corrected chi connectivity index (χ0v) is 24.1. The van der Waals surface area contributed by atoms with Gasteiger partial charge < -0.3 is 10.4 Å². The third-order valence-electron chi connectivity index (χ3n) is 5.77. The van der Waals surface area contributed by atoms with Crippen LogP contribution in [0.25, 0.3) is 22.4 Å². The van der Waals surface area contributed by atoms with E-state index in [4.69, 9.17) is 28.3 Å². The summed E-state index contributed by atoms with van der Waals surface area (Å²) in [6.07, 6.45) is 6.63. The number of allylic oxidation sites excluding steroid dienone is 5. The van der Waals surface area contributed by atoms with Crippen LogP contribution >= 0.6 is 23.2 Å². The Morgan fingerprint density at radius 3 is 2.29 bits per heavy atom. The first-order valence-electron chi connectivity index (χ1n) is 12.9. The number of hydrogen-bond donors (Lipinski definition) is 2. The van der Waals surface area contributed by atoms with E-state index in [9.17, 15) is 9.59 Å². The summed E-state index contributed by atoms with van der Waals surface area (Å²) in [5, 5.41) is 17.0. The maximum atomic E-state index is 12.1. The van der Waals surface area contributed by atoms with E-state index in [0.717, 1.165) is 27.9 Å². The molecule has 1 aromatic heterocycles. The molecule has 6 nitrogen and oxygen atoms in total. The van der Waals surface area contributed by atoms with Gasteiger partial charge in [-0.1, -0.05) is 96.5 Å². The zero-order valence-electron chi connectivity index (χ0n) is 22.6. The topological polar surface area (TPSA) is 84.2 Å². The van der Waals surface area contributed by atoms with Crippen LogP contribution in [0, 0.1) is 0 Å². The number of benzene rings is 3. The van der Waals surface area contributed by atoms with Crippen molar-refractivity contribution in [1.29, 1.82) is 0 Å². The lowest BCUT2D eigenvalue weighted by molar-refractivity contribution is -0.136. The van der Waals surface area contributed by atoms with Crippen LogP contribution in [0.5, 0.6) is 0 Å². The quantitative estimate of drug-likeness (QED) is 0.185. The lowest BCUT2D eigenvalue weighted by atomic mass is 10.0. The minimum atomic E-state index is -0.940. The van der Waals surface area contributed by atoms with Gasteiger partial charge in [0, 0.05) is 33.9 Å². The number of rotatable bonds is 10. The molecule has 0 atom stereocenters. The molecular weight excluding hydrogens is 557 g/mol. The van der Waals surface area contributed by atoms with Crippen LogP contribution in [0.3, 0.4) is 0 Å². The van der Waals surface area contributed by atoms with Gasteiger partial charge in [-0.3, -0.25) is 14.3 Å². The second-order valence-electron chi connectivity index (χ2n) is 8.94. The fourth-order valence-electron chi connectivity index (χ4n) is 3.86. The maximum absolute atomic E-state index is 12.1. The van der Waals surface area contributed by atoms with Crippen LogP contribution in [-0.4, -0.2) is 33.3 Å². The molecule has 41 heavy (non-hydrogen) atoms. The molecule has 0 spiro atoms. The van der Waals surface area contributed by atoms with Gasteiger partial charge in [-0.15, -0.1) is 0 Å². The number of carbonyl (C=O) groups excluding carboxylic acids is 1. The van der Waals surface area contributed by atoms with Crippen LogP contribution in [0.4, 0.5) is 0 Å². The maximum Gasteiger partial charge on any atom is 0.305 e. The summed E-state index contributed by atoms with van der Waals surface area (Å²) in [6, 6.07) is 27.9. The highest BCUT2D eigenvalue weighted by Gasteiger charge is 2.10. The number of halogens is 2. The van der Waals surface area contributed by atoms with E-state index in [0.29, 0.717) is 22.2 Å². The molecule has 0 aliphatic carbocycles. The summed E-state index contributed by atoms with van der Waals surface area (Å²) in [7, 11) is 0. The van der Waals surface area contributed by atoms with Gasteiger partial charge in [-0.05, 0) is 60.0 Å². The van der Waals surface area contributed by atoms with Crippen molar-refractivity contribution in [2.45, 2.75) is 19.9 Å².